The Labute approximate surface area is 115 Å². The molecular formula is C15H23N4. The molecule has 2 saturated heterocycles. The van der Waals surface area contributed by atoms with E-state index in [1.54, 1.807) is 0 Å². The molecule has 19 heavy (non-hydrogen) atoms. The first-order valence-corrected chi connectivity index (χ1v) is 7.21. The Bertz CT molecular complexity index is 408. The molecule has 4 heteroatoms. The van der Waals surface area contributed by atoms with Crippen molar-refractivity contribution < 1.29 is 0 Å². The minimum atomic E-state index is 0.778. The second-order valence-electron chi connectivity index (χ2n) is 5.66. The minimum absolute atomic E-state index is 0.778. The number of benzene rings is 1. The number of hydrogen-bond acceptors (Lipinski definition) is 4. The van der Waals surface area contributed by atoms with Gasteiger partial charge in [-0.1, -0.05) is 6.07 Å². The molecule has 103 valence electrons. The number of piperazine rings is 1. The molecule has 0 amide bonds. The van der Waals surface area contributed by atoms with Crippen LogP contribution in [0.4, 0.5) is 11.4 Å². The highest BCUT2D eigenvalue weighted by molar-refractivity contribution is 5.57. The van der Waals surface area contributed by atoms with Crippen LogP contribution in [0, 0.1) is 12.0 Å². The van der Waals surface area contributed by atoms with Crippen LogP contribution in [-0.4, -0.2) is 57.8 Å². The molecular weight excluding hydrogens is 236 g/mol. The molecule has 0 saturated carbocycles. The van der Waals surface area contributed by atoms with Gasteiger partial charge in [0.15, 0.2) is 0 Å². The average Bonchev–Trinajstić information content (AvgIpc) is 2.38. The zero-order valence-electron chi connectivity index (χ0n) is 11.7. The second kappa shape index (κ2) is 5.80. The third kappa shape index (κ3) is 3.19. The number of nitrogens with one attached hydrogen (secondary N) is 2. The van der Waals surface area contributed by atoms with Crippen LogP contribution in [0.2, 0.25) is 0 Å². The molecule has 0 atom stereocenters. The van der Waals surface area contributed by atoms with E-state index in [9.17, 15) is 0 Å². The van der Waals surface area contributed by atoms with Gasteiger partial charge in [-0.15, -0.1) is 0 Å². The number of likely N-dealkylation sites (N-methyl/N-ethyl adjacent to an activating group) is 1. The molecule has 4 nitrogen and oxygen atoms in total. The summed E-state index contributed by atoms with van der Waals surface area (Å²) in [5.41, 5.74) is 2.45. The SMILES string of the molecule is CN1CCN(c2cc[c]c(NCC3CNC3)c2)CC1. The van der Waals surface area contributed by atoms with E-state index in [0.717, 1.165) is 57.4 Å². The van der Waals surface area contributed by atoms with Gasteiger partial charge in [0.1, 0.15) is 0 Å². The summed E-state index contributed by atoms with van der Waals surface area (Å²) in [5, 5.41) is 6.80. The van der Waals surface area contributed by atoms with Crippen LogP contribution in [0.25, 0.3) is 0 Å². The van der Waals surface area contributed by atoms with Gasteiger partial charge in [-0.3, -0.25) is 0 Å². The maximum atomic E-state index is 3.50. The molecule has 1 aromatic carbocycles. The van der Waals surface area contributed by atoms with E-state index >= 15 is 0 Å². The molecule has 0 spiro atoms. The second-order valence-corrected chi connectivity index (χ2v) is 5.66. The molecule has 2 fully saturated rings. The van der Waals surface area contributed by atoms with Gasteiger partial charge in [-0.25, -0.2) is 0 Å². The fourth-order valence-corrected chi connectivity index (χ4v) is 2.56. The van der Waals surface area contributed by atoms with Crippen molar-refractivity contribution in [3.8, 4) is 0 Å². The van der Waals surface area contributed by atoms with Gasteiger partial charge in [0.2, 0.25) is 0 Å². The Balaban J connectivity index is 1.58. The average molecular weight is 259 g/mol. The summed E-state index contributed by atoms with van der Waals surface area (Å²) in [6.45, 7) is 7.87. The lowest BCUT2D eigenvalue weighted by Crippen LogP contribution is -2.45. The highest BCUT2D eigenvalue weighted by Gasteiger charge is 2.17. The smallest absolute Gasteiger partial charge is 0.0441 e. The molecule has 1 radical (unpaired) electrons. The van der Waals surface area contributed by atoms with Crippen LogP contribution in [0.3, 0.4) is 0 Å². The first-order chi connectivity index (χ1) is 9.31. The molecule has 0 unspecified atom stereocenters. The van der Waals surface area contributed by atoms with Crippen molar-refractivity contribution in [1.29, 1.82) is 0 Å². The summed E-state index contributed by atoms with van der Waals surface area (Å²) >= 11 is 0. The van der Waals surface area contributed by atoms with Crippen molar-refractivity contribution in [3.05, 3.63) is 24.3 Å². The third-order valence-corrected chi connectivity index (χ3v) is 4.10. The largest absolute Gasteiger partial charge is 0.384 e. The van der Waals surface area contributed by atoms with Crippen LogP contribution in [0.1, 0.15) is 0 Å². The molecule has 0 aliphatic carbocycles. The van der Waals surface area contributed by atoms with Crippen LogP contribution in [0.15, 0.2) is 18.2 Å². The zero-order chi connectivity index (χ0) is 13.1. The highest BCUT2D eigenvalue weighted by atomic mass is 15.2. The fraction of sp³-hybridized carbons (Fsp3) is 0.600. The van der Waals surface area contributed by atoms with Gasteiger partial charge < -0.3 is 20.4 Å². The lowest BCUT2D eigenvalue weighted by molar-refractivity contribution is 0.313. The van der Waals surface area contributed by atoms with Crippen molar-refractivity contribution in [3.63, 3.8) is 0 Å². The standard InChI is InChI=1S/C15H23N4/c1-18-5-7-19(8-6-18)15-4-2-3-14(9-15)17-12-13-10-16-11-13/h2,4,9,13,16-17H,5-8,10-12H2,1H3. The van der Waals surface area contributed by atoms with E-state index in [2.05, 4.69) is 45.7 Å². The van der Waals surface area contributed by atoms with Gasteiger partial charge in [0.05, 0.1) is 0 Å². The van der Waals surface area contributed by atoms with E-state index < -0.39 is 0 Å². The van der Waals surface area contributed by atoms with E-state index in [-0.39, 0.29) is 0 Å². The molecule has 0 aromatic heterocycles. The highest BCUT2D eigenvalue weighted by Crippen LogP contribution is 2.20. The number of hydrogen-bond donors (Lipinski definition) is 2. The zero-order valence-corrected chi connectivity index (χ0v) is 11.7. The molecule has 3 rings (SSSR count). The maximum Gasteiger partial charge on any atom is 0.0441 e. The molecule has 2 aliphatic heterocycles. The fourth-order valence-electron chi connectivity index (χ4n) is 2.56. The van der Waals surface area contributed by atoms with Crippen LogP contribution >= 0.6 is 0 Å². The van der Waals surface area contributed by atoms with E-state index in [4.69, 9.17) is 0 Å². The molecule has 2 heterocycles. The normalized spacial score (nSPS) is 21.2. The predicted molar refractivity (Wildman–Crippen MR) is 79.8 cm³/mol. The van der Waals surface area contributed by atoms with Gasteiger partial charge in [-0.2, -0.15) is 0 Å². The van der Waals surface area contributed by atoms with Gasteiger partial charge in [-0.05, 0) is 19.2 Å². The Hall–Kier alpha value is -1.26. The number of nitrogens with zero attached hydrogens (tertiary/aromatic N) is 2. The summed E-state index contributed by atoms with van der Waals surface area (Å²) in [4.78, 5) is 4.85. The first-order valence-electron chi connectivity index (χ1n) is 7.21. The van der Waals surface area contributed by atoms with E-state index in [0.29, 0.717) is 0 Å². The summed E-state index contributed by atoms with van der Waals surface area (Å²) < 4.78 is 0. The van der Waals surface area contributed by atoms with Crippen molar-refractivity contribution in [1.82, 2.24) is 10.2 Å². The maximum absolute atomic E-state index is 3.50. The Kier molecular flexibility index (Phi) is 3.89. The van der Waals surface area contributed by atoms with E-state index in [1.807, 2.05) is 6.07 Å². The summed E-state index contributed by atoms with van der Waals surface area (Å²) in [7, 11) is 2.19. The molecule has 1 aromatic rings. The molecule has 2 N–H and O–H groups in total. The monoisotopic (exact) mass is 259 g/mol. The first kappa shape index (κ1) is 12.8. The van der Waals surface area contributed by atoms with Gasteiger partial charge in [0, 0.05) is 69.2 Å². The lowest BCUT2D eigenvalue weighted by Gasteiger charge is -2.34. The van der Waals surface area contributed by atoms with Crippen LogP contribution in [-0.2, 0) is 0 Å². The van der Waals surface area contributed by atoms with Crippen molar-refractivity contribution >= 4 is 11.4 Å². The quantitative estimate of drug-likeness (QED) is 0.840. The van der Waals surface area contributed by atoms with Crippen LogP contribution < -0.4 is 15.5 Å². The molecule has 0 bridgehead atoms. The topological polar surface area (TPSA) is 30.5 Å². The van der Waals surface area contributed by atoms with Crippen LogP contribution in [0.5, 0.6) is 0 Å². The molecule has 2 aliphatic rings. The third-order valence-electron chi connectivity index (χ3n) is 4.10. The number of anilines is 2. The Morgan fingerprint density at radius 1 is 1.32 bits per heavy atom. The summed E-state index contributed by atoms with van der Waals surface area (Å²) in [5.74, 6) is 0.778. The van der Waals surface area contributed by atoms with Crippen molar-refractivity contribution in [2.75, 3.05) is 63.1 Å². The minimum Gasteiger partial charge on any atom is -0.384 e. The summed E-state index contributed by atoms with van der Waals surface area (Å²) in [6.07, 6.45) is 0. The predicted octanol–water partition coefficient (Wildman–Crippen LogP) is 0.870. The van der Waals surface area contributed by atoms with Gasteiger partial charge >= 0.3 is 0 Å². The van der Waals surface area contributed by atoms with Crippen molar-refractivity contribution in [2.45, 2.75) is 0 Å². The number of rotatable bonds is 4. The Morgan fingerprint density at radius 2 is 2.11 bits per heavy atom. The van der Waals surface area contributed by atoms with Gasteiger partial charge in [0.25, 0.3) is 0 Å². The summed E-state index contributed by atoms with van der Waals surface area (Å²) in [6, 6.07) is 9.73. The Morgan fingerprint density at radius 3 is 2.79 bits per heavy atom. The van der Waals surface area contributed by atoms with Crippen molar-refractivity contribution in [2.24, 2.45) is 5.92 Å². The van der Waals surface area contributed by atoms with E-state index in [1.165, 1.54) is 5.69 Å². The lowest BCUT2D eigenvalue weighted by atomic mass is 10.0.